The Bertz CT molecular complexity index is 781. The van der Waals surface area contributed by atoms with E-state index in [1.54, 1.807) is 6.08 Å². The topological polar surface area (TPSA) is 68.7 Å². The fraction of sp³-hybridized carbons (Fsp3) is 0.368. The van der Waals surface area contributed by atoms with Crippen LogP contribution >= 0.6 is 0 Å². The van der Waals surface area contributed by atoms with Gasteiger partial charge in [-0.3, -0.25) is 4.79 Å². The van der Waals surface area contributed by atoms with Gasteiger partial charge in [-0.25, -0.2) is 0 Å². The van der Waals surface area contributed by atoms with E-state index in [0.29, 0.717) is 5.92 Å². The molecule has 0 radical (unpaired) electrons. The molecule has 4 nitrogen and oxygen atoms in total. The van der Waals surface area contributed by atoms with Crippen molar-refractivity contribution in [3.63, 3.8) is 0 Å². The van der Waals surface area contributed by atoms with Crippen molar-refractivity contribution in [2.45, 2.75) is 38.6 Å². The van der Waals surface area contributed by atoms with Gasteiger partial charge in [0.05, 0.1) is 0 Å². The van der Waals surface area contributed by atoms with Crippen LogP contribution in [0.2, 0.25) is 0 Å². The molecule has 1 fully saturated rings. The van der Waals surface area contributed by atoms with Gasteiger partial charge in [-0.1, -0.05) is 38.0 Å². The average Bonchev–Trinajstić information content (AvgIpc) is 2.97. The average molecular weight is 307 g/mol. The van der Waals surface area contributed by atoms with E-state index in [0.717, 1.165) is 35.7 Å². The van der Waals surface area contributed by atoms with Crippen molar-refractivity contribution in [1.29, 1.82) is 5.26 Å². The minimum absolute atomic E-state index is 0.160. The van der Waals surface area contributed by atoms with Gasteiger partial charge in [0.2, 0.25) is 0 Å². The van der Waals surface area contributed by atoms with Crippen molar-refractivity contribution in [2.75, 3.05) is 0 Å². The highest BCUT2D eigenvalue weighted by atomic mass is 16.1. The summed E-state index contributed by atoms with van der Waals surface area (Å²) in [7, 11) is 0. The highest BCUT2D eigenvalue weighted by Gasteiger charge is 2.24. The van der Waals surface area contributed by atoms with Gasteiger partial charge in [0.1, 0.15) is 11.6 Å². The molecule has 1 aromatic heterocycles. The highest BCUT2D eigenvalue weighted by molar-refractivity contribution is 6.04. The van der Waals surface area contributed by atoms with Crippen molar-refractivity contribution in [3.05, 3.63) is 41.6 Å². The van der Waals surface area contributed by atoms with Crippen LogP contribution in [-0.4, -0.2) is 16.9 Å². The van der Waals surface area contributed by atoms with Gasteiger partial charge in [-0.15, -0.1) is 0 Å². The Morgan fingerprint density at radius 3 is 2.91 bits per heavy atom. The van der Waals surface area contributed by atoms with Crippen LogP contribution in [0.1, 0.15) is 38.2 Å². The number of nitrogens with zero attached hydrogens (tertiary/aromatic N) is 1. The predicted molar refractivity (Wildman–Crippen MR) is 91.5 cm³/mol. The van der Waals surface area contributed by atoms with E-state index < -0.39 is 0 Å². The van der Waals surface area contributed by atoms with Gasteiger partial charge in [0.15, 0.2) is 0 Å². The first-order valence-electron chi connectivity index (χ1n) is 8.18. The van der Waals surface area contributed by atoms with Crippen LogP contribution < -0.4 is 5.32 Å². The van der Waals surface area contributed by atoms with E-state index in [1.807, 2.05) is 36.5 Å². The van der Waals surface area contributed by atoms with E-state index in [1.165, 1.54) is 6.42 Å². The summed E-state index contributed by atoms with van der Waals surface area (Å²) in [5, 5.41) is 13.4. The number of hydrogen-bond donors (Lipinski definition) is 2. The second-order valence-corrected chi connectivity index (χ2v) is 6.30. The molecule has 1 heterocycles. The van der Waals surface area contributed by atoms with Crippen LogP contribution in [0, 0.1) is 17.2 Å². The molecule has 0 aliphatic heterocycles. The zero-order valence-corrected chi connectivity index (χ0v) is 13.3. The Labute approximate surface area is 136 Å². The SMILES string of the molecule is C[C@@H]1CCCC[C@H]1NC(=O)/C(C#N)=C/c1c[nH]c2ccccc12. The molecule has 0 bridgehead atoms. The molecule has 1 aliphatic carbocycles. The van der Waals surface area contributed by atoms with E-state index in [2.05, 4.69) is 17.2 Å². The van der Waals surface area contributed by atoms with Gasteiger partial charge in [-0.05, 0) is 30.9 Å². The van der Waals surface area contributed by atoms with Gasteiger partial charge in [0, 0.05) is 28.7 Å². The molecule has 118 valence electrons. The molecular weight excluding hydrogens is 286 g/mol. The molecule has 23 heavy (non-hydrogen) atoms. The predicted octanol–water partition coefficient (Wildman–Crippen LogP) is 3.77. The maximum absolute atomic E-state index is 12.4. The summed E-state index contributed by atoms with van der Waals surface area (Å²) in [4.78, 5) is 15.6. The third kappa shape index (κ3) is 3.29. The van der Waals surface area contributed by atoms with Crippen LogP contribution in [0.5, 0.6) is 0 Å². The van der Waals surface area contributed by atoms with Crippen molar-refractivity contribution in [2.24, 2.45) is 5.92 Å². The number of carbonyl (C=O) groups is 1. The minimum Gasteiger partial charge on any atom is -0.361 e. The summed E-state index contributed by atoms with van der Waals surface area (Å²) in [6.07, 6.45) is 8.00. The largest absolute Gasteiger partial charge is 0.361 e. The highest BCUT2D eigenvalue weighted by Crippen LogP contribution is 2.24. The van der Waals surface area contributed by atoms with Crippen LogP contribution in [0.15, 0.2) is 36.0 Å². The second-order valence-electron chi connectivity index (χ2n) is 6.30. The van der Waals surface area contributed by atoms with Gasteiger partial charge in [0.25, 0.3) is 5.91 Å². The molecule has 0 spiro atoms. The van der Waals surface area contributed by atoms with Gasteiger partial charge in [-0.2, -0.15) is 5.26 Å². The van der Waals surface area contributed by atoms with Crippen LogP contribution in [0.4, 0.5) is 0 Å². The van der Waals surface area contributed by atoms with E-state index in [9.17, 15) is 10.1 Å². The Hall–Kier alpha value is -2.54. The molecule has 1 amide bonds. The summed E-state index contributed by atoms with van der Waals surface area (Å²) in [5.74, 6) is 0.206. The van der Waals surface area contributed by atoms with Gasteiger partial charge < -0.3 is 10.3 Å². The number of rotatable bonds is 3. The molecule has 4 heteroatoms. The second kappa shape index (κ2) is 6.70. The van der Waals surface area contributed by atoms with E-state index in [4.69, 9.17) is 0 Å². The molecule has 1 aromatic carbocycles. The Morgan fingerprint density at radius 1 is 1.35 bits per heavy atom. The number of aromatic nitrogens is 1. The summed E-state index contributed by atoms with van der Waals surface area (Å²) in [6.45, 7) is 2.17. The number of aromatic amines is 1. The third-order valence-corrected chi connectivity index (χ3v) is 4.71. The molecule has 0 unspecified atom stereocenters. The smallest absolute Gasteiger partial charge is 0.262 e. The summed E-state index contributed by atoms with van der Waals surface area (Å²) < 4.78 is 0. The monoisotopic (exact) mass is 307 g/mol. The van der Waals surface area contributed by atoms with Gasteiger partial charge >= 0.3 is 0 Å². The van der Waals surface area contributed by atoms with Crippen molar-refractivity contribution < 1.29 is 4.79 Å². The van der Waals surface area contributed by atoms with Crippen LogP contribution in [-0.2, 0) is 4.79 Å². The van der Waals surface area contributed by atoms with E-state index in [-0.39, 0.29) is 17.5 Å². The summed E-state index contributed by atoms with van der Waals surface area (Å²) in [6, 6.07) is 10.1. The molecular formula is C19H21N3O. The Morgan fingerprint density at radius 2 is 2.13 bits per heavy atom. The third-order valence-electron chi connectivity index (χ3n) is 4.71. The van der Waals surface area contributed by atoms with E-state index >= 15 is 0 Å². The summed E-state index contributed by atoms with van der Waals surface area (Å²) in [5.41, 5.74) is 2.02. The fourth-order valence-electron chi connectivity index (χ4n) is 3.29. The molecule has 0 saturated heterocycles. The first-order valence-corrected chi connectivity index (χ1v) is 8.18. The number of para-hydroxylation sites is 1. The number of benzene rings is 1. The lowest BCUT2D eigenvalue weighted by molar-refractivity contribution is -0.118. The number of nitriles is 1. The standard InChI is InChI=1S/C19H21N3O/c1-13-6-2-4-8-17(13)22-19(23)14(11-20)10-15-12-21-18-9-5-3-7-16(15)18/h3,5,7,9-10,12-13,17,21H,2,4,6,8H2,1H3,(H,22,23)/b14-10+/t13-,17-/m1/s1. The molecule has 2 N–H and O–H groups in total. The lowest BCUT2D eigenvalue weighted by atomic mass is 9.86. The lowest BCUT2D eigenvalue weighted by Crippen LogP contribution is -2.41. The first kappa shape index (κ1) is 15.4. The Kier molecular flexibility index (Phi) is 4.47. The number of carbonyl (C=O) groups excluding carboxylic acids is 1. The van der Waals surface area contributed by atoms with Crippen LogP contribution in [0.25, 0.3) is 17.0 Å². The number of hydrogen-bond acceptors (Lipinski definition) is 2. The zero-order chi connectivity index (χ0) is 16.2. The summed E-state index contributed by atoms with van der Waals surface area (Å²) >= 11 is 0. The molecule has 1 aliphatic rings. The number of H-pyrrole nitrogens is 1. The first-order chi connectivity index (χ1) is 11.2. The number of amides is 1. The minimum atomic E-state index is -0.267. The molecule has 2 aromatic rings. The number of fused-ring (bicyclic) bond motifs is 1. The molecule has 3 rings (SSSR count). The zero-order valence-electron chi connectivity index (χ0n) is 13.3. The normalized spacial score (nSPS) is 21.8. The maximum Gasteiger partial charge on any atom is 0.262 e. The fourth-order valence-corrected chi connectivity index (χ4v) is 3.29. The molecule has 1 saturated carbocycles. The van der Waals surface area contributed by atoms with Crippen molar-refractivity contribution in [3.8, 4) is 6.07 Å². The quantitative estimate of drug-likeness (QED) is 0.669. The molecule has 2 atom stereocenters. The number of nitrogens with one attached hydrogen (secondary N) is 2. The Balaban J connectivity index is 1.81. The van der Waals surface area contributed by atoms with Crippen LogP contribution in [0.3, 0.4) is 0 Å². The van der Waals surface area contributed by atoms with Crippen molar-refractivity contribution in [1.82, 2.24) is 10.3 Å². The van der Waals surface area contributed by atoms with Crippen molar-refractivity contribution >= 4 is 22.9 Å². The lowest BCUT2D eigenvalue weighted by Gasteiger charge is -2.29. The maximum atomic E-state index is 12.4.